The van der Waals surface area contributed by atoms with Crippen LogP contribution >= 0.6 is 0 Å². The Labute approximate surface area is 56.2 Å². The highest BCUT2D eigenvalue weighted by atomic mass is 16.5. The third-order valence-corrected chi connectivity index (χ3v) is 1.91. The standard InChI is InChI=1S/C7H14O2/c1-6-7(5-8-2)3-4-9-6/h6-7H,3-5H2,1-2H3. The van der Waals surface area contributed by atoms with E-state index < -0.39 is 0 Å². The van der Waals surface area contributed by atoms with Crippen LogP contribution < -0.4 is 0 Å². The highest BCUT2D eigenvalue weighted by molar-refractivity contribution is 4.71. The average Bonchev–Trinajstić information content (AvgIpc) is 2.18. The molecular weight excluding hydrogens is 116 g/mol. The van der Waals surface area contributed by atoms with Gasteiger partial charge < -0.3 is 9.47 Å². The van der Waals surface area contributed by atoms with E-state index in [1.54, 1.807) is 7.11 Å². The van der Waals surface area contributed by atoms with Crippen LogP contribution in [0.4, 0.5) is 0 Å². The van der Waals surface area contributed by atoms with Crippen LogP contribution in [0.3, 0.4) is 0 Å². The third kappa shape index (κ3) is 1.66. The van der Waals surface area contributed by atoms with Crippen LogP contribution in [0.1, 0.15) is 13.3 Å². The summed E-state index contributed by atoms with van der Waals surface area (Å²) in [5.74, 6) is 0.634. The van der Waals surface area contributed by atoms with Gasteiger partial charge in [-0.25, -0.2) is 0 Å². The molecule has 1 saturated heterocycles. The van der Waals surface area contributed by atoms with Crippen molar-refractivity contribution < 1.29 is 9.47 Å². The van der Waals surface area contributed by atoms with Crippen LogP contribution in [0, 0.1) is 5.92 Å². The predicted octanol–water partition coefficient (Wildman–Crippen LogP) is 1.06. The number of hydrogen-bond donors (Lipinski definition) is 0. The molecule has 0 aromatic rings. The first kappa shape index (κ1) is 7.03. The normalized spacial score (nSPS) is 35.3. The number of hydrogen-bond acceptors (Lipinski definition) is 2. The van der Waals surface area contributed by atoms with Gasteiger partial charge in [-0.1, -0.05) is 0 Å². The molecule has 0 N–H and O–H groups in total. The molecule has 1 fully saturated rings. The molecule has 0 amide bonds. The molecule has 2 atom stereocenters. The second-order valence-electron chi connectivity index (χ2n) is 2.58. The summed E-state index contributed by atoms with van der Waals surface area (Å²) >= 11 is 0. The van der Waals surface area contributed by atoms with Gasteiger partial charge in [0.1, 0.15) is 0 Å². The lowest BCUT2D eigenvalue weighted by Crippen LogP contribution is -2.16. The van der Waals surface area contributed by atoms with Crippen molar-refractivity contribution in [3.05, 3.63) is 0 Å². The molecule has 0 radical (unpaired) electrons. The van der Waals surface area contributed by atoms with Gasteiger partial charge in [0.05, 0.1) is 12.7 Å². The Bertz CT molecular complexity index is 83.0. The SMILES string of the molecule is COCC1CCOC1C. The molecule has 0 aliphatic carbocycles. The molecule has 0 spiro atoms. The molecule has 9 heavy (non-hydrogen) atoms. The van der Waals surface area contributed by atoms with Crippen molar-refractivity contribution >= 4 is 0 Å². The predicted molar refractivity (Wildman–Crippen MR) is 35.4 cm³/mol. The van der Waals surface area contributed by atoms with Crippen molar-refractivity contribution in [1.29, 1.82) is 0 Å². The van der Waals surface area contributed by atoms with E-state index in [4.69, 9.17) is 9.47 Å². The van der Waals surface area contributed by atoms with Gasteiger partial charge in [-0.3, -0.25) is 0 Å². The van der Waals surface area contributed by atoms with Crippen LogP contribution in [0.5, 0.6) is 0 Å². The third-order valence-electron chi connectivity index (χ3n) is 1.91. The average molecular weight is 130 g/mol. The molecule has 2 nitrogen and oxygen atoms in total. The molecular formula is C7H14O2. The fourth-order valence-corrected chi connectivity index (χ4v) is 1.21. The summed E-state index contributed by atoms with van der Waals surface area (Å²) in [6, 6.07) is 0. The summed E-state index contributed by atoms with van der Waals surface area (Å²) in [6.45, 7) is 3.87. The minimum Gasteiger partial charge on any atom is -0.384 e. The molecule has 2 heteroatoms. The first-order valence-corrected chi connectivity index (χ1v) is 3.45. The smallest absolute Gasteiger partial charge is 0.0597 e. The second kappa shape index (κ2) is 3.18. The maximum atomic E-state index is 5.34. The van der Waals surface area contributed by atoms with Crippen molar-refractivity contribution in [3.8, 4) is 0 Å². The lowest BCUT2D eigenvalue weighted by atomic mass is 10.0. The monoisotopic (exact) mass is 130 g/mol. The minimum absolute atomic E-state index is 0.407. The molecule has 0 saturated carbocycles. The van der Waals surface area contributed by atoms with E-state index in [1.165, 1.54) is 0 Å². The lowest BCUT2D eigenvalue weighted by Gasteiger charge is -2.11. The van der Waals surface area contributed by atoms with E-state index in [0.29, 0.717) is 12.0 Å². The first-order valence-electron chi connectivity index (χ1n) is 3.45. The van der Waals surface area contributed by atoms with E-state index in [0.717, 1.165) is 19.6 Å². The highest BCUT2D eigenvalue weighted by Crippen LogP contribution is 2.19. The Morgan fingerprint density at radius 1 is 1.67 bits per heavy atom. The van der Waals surface area contributed by atoms with E-state index in [9.17, 15) is 0 Å². The van der Waals surface area contributed by atoms with Crippen molar-refractivity contribution in [2.75, 3.05) is 20.3 Å². The Kier molecular flexibility index (Phi) is 2.49. The van der Waals surface area contributed by atoms with Gasteiger partial charge in [-0.05, 0) is 13.3 Å². The molecule has 2 unspecified atom stereocenters. The summed E-state index contributed by atoms with van der Waals surface area (Å²) in [5, 5.41) is 0. The largest absolute Gasteiger partial charge is 0.384 e. The van der Waals surface area contributed by atoms with Crippen molar-refractivity contribution in [3.63, 3.8) is 0 Å². The van der Waals surface area contributed by atoms with E-state index >= 15 is 0 Å². The lowest BCUT2D eigenvalue weighted by molar-refractivity contribution is 0.0720. The Balaban J connectivity index is 2.22. The fraction of sp³-hybridized carbons (Fsp3) is 1.00. The molecule has 1 heterocycles. The Morgan fingerprint density at radius 2 is 2.44 bits per heavy atom. The van der Waals surface area contributed by atoms with E-state index in [-0.39, 0.29) is 0 Å². The van der Waals surface area contributed by atoms with Gasteiger partial charge >= 0.3 is 0 Å². The van der Waals surface area contributed by atoms with Gasteiger partial charge in [-0.2, -0.15) is 0 Å². The topological polar surface area (TPSA) is 18.5 Å². The maximum absolute atomic E-state index is 5.34. The van der Waals surface area contributed by atoms with Gasteiger partial charge in [0.2, 0.25) is 0 Å². The fourth-order valence-electron chi connectivity index (χ4n) is 1.21. The van der Waals surface area contributed by atoms with Gasteiger partial charge in [0, 0.05) is 19.6 Å². The number of ether oxygens (including phenoxy) is 2. The zero-order valence-corrected chi connectivity index (χ0v) is 6.09. The van der Waals surface area contributed by atoms with Gasteiger partial charge in [0.15, 0.2) is 0 Å². The second-order valence-corrected chi connectivity index (χ2v) is 2.58. The first-order chi connectivity index (χ1) is 4.34. The molecule has 0 bridgehead atoms. The van der Waals surface area contributed by atoms with Crippen LogP contribution in [0.2, 0.25) is 0 Å². The van der Waals surface area contributed by atoms with Gasteiger partial charge in [0.25, 0.3) is 0 Å². The Hall–Kier alpha value is -0.0800. The molecule has 0 aromatic carbocycles. The van der Waals surface area contributed by atoms with E-state index in [2.05, 4.69) is 6.92 Å². The number of rotatable bonds is 2. The van der Waals surface area contributed by atoms with Gasteiger partial charge in [-0.15, -0.1) is 0 Å². The van der Waals surface area contributed by atoms with E-state index in [1.807, 2.05) is 0 Å². The van der Waals surface area contributed by atoms with Crippen LogP contribution in [-0.2, 0) is 9.47 Å². The molecule has 1 aliphatic rings. The van der Waals surface area contributed by atoms with Crippen molar-refractivity contribution in [2.45, 2.75) is 19.4 Å². The molecule has 54 valence electrons. The summed E-state index contributed by atoms with van der Waals surface area (Å²) in [6.07, 6.45) is 1.57. The molecule has 1 rings (SSSR count). The summed E-state index contributed by atoms with van der Waals surface area (Å²) in [4.78, 5) is 0. The van der Waals surface area contributed by atoms with Crippen LogP contribution in [0.15, 0.2) is 0 Å². The highest BCUT2D eigenvalue weighted by Gasteiger charge is 2.23. The maximum Gasteiger partial charge on any atom is 0.0597 e. The van der Waals surface area contributed by atoms with Crippen LogP contribution in [-0.4, -0.2) is 26.4 Å². The minimum atomic E-state index is 0.407. The molecule has 0 aromatic heterocycles. The summed E-state index contributed by atoms with van der Waals surface area (Å²) in [7, 11) is 1.74. The van der Waals surface area contributed by atoms with Crippen LogP contribution in [0.25, 0.3) is 0 Å². The zero-order chi connectivity index (χ0) is 6.69. The molecule has 1 aliphatic heterocycles. The number of methoxy groups -OCH3 is 1. The van der Waals surface area contributed by atoms with Crippen molar-refractivity contribution in [1.82, 2.24) is 0 Å². The summed E-state index contributed by atoms with van der Waals surface area (Å²) in [5.41, 5.74) is 0. The van der Waals surface area contributed by atoms with Crippen molar-refractivity contribution in [2.24, 2.45) is 5.92 Å². The zero-order valence-electron chi connectivity index (χ0n) is 6.09. The summed E-state index contributed by atoms with van der Waals surface area (Å²) < 4.78 is 10.4. The Morgan fingerprint density at radius 3 is 2.89 bits per heavy atom. The quantitative estimate of drug-likeness (QED) is 0.556.